The predicted molar refractivity (Wildman–Crippen MR) is 113 cm³/mol. The molecule has 1 aliphatic heterocycles. The lowest BCUT2D eigenvalue weighted by Crippen LogP contribution is -2.49. The minimum atomic E-state index is -0.667. The Bertz CT molecular complexity index is 832. The molecule has 30 heavy (non-hydrogen) atoms. The molecule has 9 nitrogen and oxygen atoms in total. The summed E-state index contributed by atoms with van der Waals surface area (Å²) in [4.78, 5) is 15.0. The number of aliphatic hydroxyl groups excluding tert-OH is 1. The van der Waals surface area contributed by atoms with Gasteiger partial charge in [0.05, 0.1) is 19.1 Å². The second-order valence-corrected chi connectivity index (χ2v) is 7.05. The van der Waals surface area contributed by atoms with Gasteiger partial charge in [0.1, 0.15) is 35.6 Å². The fourth-order valence-corrected chi connectivity index (χ4v) is 3.47. The van der Waals surface area contributed by atoms with E-state index in [9.17, 15) is 15.2 Å². The highest BCUT2D eigenvalue weighted by molar-refractivity contribution is 5.63. The standard InChI is InChI=1S/C21H27N3O6/c1-28-17-11-18(29-2)13-19(12-17)30-15-16(25)14-22-7-9-23(10-8-22)20-5-3-4-6-21(20)24(26)27/h3-6,11-13,16,25H,7-10,14-15H2,1-2H3. The van der Waals surface area contributed by atoms with E-state index in [2.05, 4.69) is 4.90 Å². The van der Waals surface area contributed by atoms with E-state index in [1.165, 1.54) is 6.07 Å². The molecule has 9 heteroatoms. The highest BCUT2D eigenvalue weighted by atomic mass is 16.6. The summed E-state index contributed by atoms with van der Waals surface area (Å²) in [6, 6.07) is 12.0. The zero-order chi connectivity index (χ0) is 21.5. The lowest BCUT2D eigenvalue weighted by atomic mass is 10.2. The zero-order valence-corrected chi connectivity index (χ0v) is 17.2. The molecular weight excluding hydrogens is 390 g/mol. The normalized spacial score (nSPS) is 15.5. The number of rotatable bonds is 9. The van der Waals surface area contributed by atoms with Crippen molar-refractivity contribution in [1.29, 1.82) is 0 Å². The molecule has 1 unspecified atom stereocenters. The largest absolute Gasteiger partial charge is 0.496 e. The lowest BCUT2D eigenvalue weighted by Gasteiger charge is -2.36. The summed E-state index contributed by atoms with van der Waals surface area (Å²) >= 11 is 0. The second-order valence-electron chi connectivity index (χ2n) is 7.05. The molecule has 162 valence electrons. The van der Waals surface area contributed by atoms with E-state index in [0.717, 1.165) is 0 Å². The van der Waals surface area contributed by atoms with E-state index < -0.39 is 6.10 Å². The van der Waals surface area contributed by atoms with Crippen LogP contribution in [0.2, 0.25) is 0 Å². The number of para-hydroxylation sites is 2. The van der Waals surface area contributed by atoms with Gasteiger partial charge in [-0.25, -0.2) is 0 Å². The van der Waals surface area contributed by atoms with E-state index >= 15 is 0 Å². The van der Waals surface area contributed by atoms with Gasteiger partial charge in [-0.1, -0.05) is 12.1 Å². The van der Waals surface area contributed by atoms with Crippen molar-refractivity contribution in [2.45, 2.75) is 6.10 Å². The monoisotopic (exact) mass is 417 g/mol. The number of ether oxygens (including phenoxy) is 3. The van der Waals surface area contributed by atoms with Gasteiger partial charge in [-0.2, -0.15) is 0 Å². The van der Waals surface area contributed by atoms with Gasteiger partial charge < -0.3 is 24.2 Å². The summed E-state index contributed by atoms with van der Waals surface area (Å²) < 4.78 is 16.1. The molecule has 0 aromatic heterocycles. The van der Waals surface area contributed by atoms with Crippen LogP contribution in [-0.4, -0.2) is 74.6 Å². The van der Waals surface area contributed by atoms with Crippen LogP contribution in [0.1, 0.15) is 0 Å². The quantitative estimate of drug-likeness (QED) is 0.490. The van der Waals surface area contributed by atoms with E-state index in [4.69, 9.17) is 14.2 Å². The van der Waals surface area contributed by atoms with Gasteiger partial charge in [-0.15, -0.1) is 0 Å². The summed E-state index contributed by atoms with van der Waals surface area (Å²) in [7, 11) is 3.13. The van der Waals surface area contributed by atoms with Crippen molar-refractivity contribution >= 4 is 11.4 Å². The Hall–Kier alpha value is -3.04. The number of anilines is 1. The summed E-state index contributed by atoms with van der Waals surface area (Å²) in [5, 5.41) is 21.6. The zero-order valence-electron chi connectivity index (χ0n) is 17.2. The van der Waals surface area contributed by atoms with Gasteiger partial charge in [-0.05, 0) is 6.07 Å². The molecule has 0 aliphatic carbocycles. The van der Waals surface area contributed by atoms with Gasteiger partial charge in [0.2, 0.25) is 0 Å². The van der Waals surface area contributed by atoms with Gasteiger partial charge in [-0.3, -0.25) is 15.0 Å². The molecule has 1 saturated heterocycles. The van der Waals surface area contributed by atoms with Crippen LogP contribution in [0.15, 0.2) is 42.5 Å². The molecular formula is C21H27N3O6. The van der Waals surface area contributed by atoms with Crippen LogP contribution < -0.4 is 19.1 Å². The third-order valence-electron chi connectivity index (χ3n) is 5.03. The van der Waals surface area contributed by atoms with E-state index in [0.29, 0.717) is 55.7 Å². The first-order valence-corrected chi connectivity index (χ1v) is 9.75. The Labute approximate surface area is 175 Å². The Kier molecular flexibility index (Phi) is 7.31. The summed E-state index contributed by atoms with van der Waals surface area (Å²) in [6.07, 6.45) is -0.667. The maximum Gasteiger partial charge on any atom is 0.292 e. The van der Waals surface area contributed by atoms with Gasteiger partial charge in [0.25, 0.3) is 5.69 Å². The number of piperazine rings is 1. The first-order valence-electron chi connectivity index (χ1n) is 9.75. The Morgan fingerprint density at radius 1 is 1.03 bits per heavy atom. The first kappa shape index (κ1) is 21.7. The number of hydrogen-bond donors (Lipinski definition) is 1. The number of benzene rings is 2. The summed E-state index contributed by atoms with van der Waals surface area (Å²) in [6.45, 7) is 3.33. The van der Waals surface area contributed by atoms with Crippen molar-refractivity contribution in [3.05, 3.63) is 52.6 Å². The molecule has 2 aromatic carbocycles. The van der Waals surface area contributed by atoms with Gasteiger partial charge in [0.15, 0.2) is 0 Å². The van der Waals surface area contributed by atoms with Crippen LogP contribution in [0.25, 0.3) is 0 Å². The molecule has 0 spiro atoms. The molecule has 1 heterocycles. The second kappa shape index (κ2) is 10.1. The number of β-amino-alcohol motifs (C(OH)–C–C–N with tert-alkyl or cyclic N) is 1. The highest BCUT2D eigenvalue weighted by Gasteiger charge is 2.24. The smallest absolute Gasteiger partial charge is 0.292 e. The molecule has 0 amide bonds. The Morgan fingerprint density at radius 2 is 1.63 bits per heavy atom. The fraction of sp³-hybridized carbons (Fsp3) is 0.429. The molecule has 3 rings (SSSR count). The number of hydrogen-bond acceptors (Lipinski definition) is 8. The van der Waals surface area contributed by atoms with E-state index in [1.807, 2.05) is 11.0 Å². The van der Waals surface area contributed by atoms with Crippen LogP contribution in [0.5, 0.6) is 17.2 Å². The van der Waals surface area contributed by atoms with Gasteiger partial charge in [0, 0.05) is 57.0 Å². The van der Waals surface area contributed by atoms with Crippen molar-refractivity contribution < 1.29 is 24.2 Å². The molecule has 1 fully saturated rings. The van der Waals surface area contributed by atoms with Crippen LogP contribution in [0.3, 0.4) is 0 Å². The predicted octanol–water partition coefficient (Wildman–Crippen LogP) is 2.17. The molecule has 1 atom stereocenters. The number of aliphatic hydroxyl groups is 1. The maximum absolute atomic E-state index is 11.2. The molecule has 0 radical (unpaired) electrons. The minimum absolute atomic E-state index is 0.119. The maximum atomic E-state index is 11.2. The van der Waals surface area contributed by atoms with Crippen molar-refractivity contribution in [1.82, 2.24) is 4.90 Å². The number of nitrogens with zero attached hydrogens (tertiary/aromatic N) is 3. The lowest BCUT2D eigenvalue weighted by molar-refractivity contribution is -0.384. The first-order chi connectivity index (χ1) is 14.5. The van der Waals surface area contributed by atoms with Crippen LogP contribution in [0, 0.1) is 10.1 Å². The Morgan fingerprint density at radius 3 is 2.23 bits per heavy atom. The fourth-order valence-electron chi connectivity index (χ4n) is 3.47. The molecule has 0 bridgehead atoms. The topological polar surface area (TPSA) is 97.5 Å². The molecule has 0 saturated carbocycles. The van der Waals surface area contributed by atoms with Crippen LogP contribution in [-0.2, 0) is 0 Å². The Balaban J connectivity index is 1.49. The van der Waals surface area contributed by atoms with E-state index in [-0.39, 0.29) is 17.2 Å². The van der Waals surface area contributed by atoms with E-state index in [1.54, 1.807) is 44.6 Å². The SMILES string of the molecule is COc1cc(OC)cc(OCC(O)CN2CCN(c3ccccc3[N+](=O)[O-])CC2)c1. The minimum Gasteiger partial charge on any atom is -0.496 e. The molecule has 2 aromatic rings. The number of nitro groups is 1. The van der Waals surface area contributed by atoms with Crippen LogP contribution >= 0.6 is 0 Å². The van der Waals surface area contributed by atoms with Crippen molar-refractivity contribution in [2.75, 3.05) is 58.5 Å². The molecule has 1 aliphatic rings. The van der Waals surface area contributed by atoms with Crippen molar-refractivity contribution in [3.63, 3.8) is 0 Å². The average molecular weight is 417 g/mol. The summed E-state index contributed by atoms with van der Waals surface area (Å²) in [5.41, 5.74) is 0.756. The third kappa shape index (κ3) is 5.52. The average Bonchev–Trinajstić information content (AvgIpc) is 2.78. The number of nitro benzene ring substituents is 1. The summed E-state index contributed by atoms with van der Waals surface area (Å²) in [5.74, 6) is 1.79. The van der Waals surface area contributed by atoms with Gasteiger partial charge >= 0.3 is 0 Å². The number of methoxy groups -OCH3 is 2. The third-order valence-corrected chi connectivity index (χ3v) is 5.03. The highest BCUT2D eigenvalue weighted by Crippen LogP contribution is 2.29. The molecule has 1 N–H and O–H groups in total. The van der Waals surface area contributed by atoms with Crippen molar-refractivity contribution in [2.24, 2.45) is 0 Å². The van der Waals surface area contributed by atoms with Crippen LogP contribution in [0.4, 0.5) is 11.4 Å². The van der Waals surface area contributed by atoms with Crippen molar-refractivity contribution in [3.8, 4) is 17.2 Å².